The molecule has 0 heterocycles. The molecule has 23 nitrogen and oxygen atoms in total. The highest BCUT2D eigenvalue weighted by atomic mass is 16.4. The third-order valence-corrected chi connectivity index (χ3v) is 11.1. The summed E-state index contributed by atoms with van der Waals surface area (Å²) >= 11 is 0. The SMILES string of the molecule is CC(C)C[C@H](NC(=O)[C@H](C)NC(=O)[C@H](Cc1ccc(O)cc1)NC(=O)[C@H](CC(C)C)NC(=O)[C@H](CCCCN)NC(=O)[C@H](CC(=O)O)NC(=O)[C@H](CC(C)C)NC(=O)[C@H](CC(C)C)NC(=O)[C@H](C)N)C(=O)O. The van der Waals surface area contributed by atoms with Gasteiger partial charge in [-0.25, -0.2) is 4.79 Å². The Balaban J connectivity index is 3.52. The van der Waals surface area contributed by atoms with E-state index in [1.54, 1.807) is 41.5 Å². The first-order valence-corrected chi connectivity index (χ1v) is 24.7. The summed E-state index contributed by atoms with van der Waals surface area (Å²) in [6.45, 7) is 17.3. The summed E-state index contributed by atoms with van der Waals surface area (Å²) in [6.07, 6.45) is -0.0378. The van der Waals surface area contributed by atoms with Gasteiger partial charge >= 0.3 is 11.9 Å². The van der Waals surface area contributed by atoms with Crippen molar-refractivity contribution < 1.29 is 63.3 Å². The molecule has 1 aromatic rings. The number of hydrogen-bond donors (Lipinski definition) is 13. The van der Waals surface area contributed by atoms with Crippen LogP contribution in [0, 0.1) is 23.7 Å². The molecule has 0 bridgehead atoms. The van der Waals surface area contributed by atoms with Gasteiger partial charge < -0.3 is 69.3 Å². The van der Waals surface area contributed by atoms with Crippen molar-refractivity contribution in [3.8, 4) is 5.75 Å². The maximum absolute atomic E-state index is 14.2. The number of phenols is 1. The normalized spacial score (nSPS) is 15.1. The minimum Gasteiger partial charge on any atom is -0.508 e. The quantitative estimate of drug-likeness (QED) is 0.0414. The Morgan fingerprint density at radius 3 is 1.24 bits per heavy atom. The first-order valence-electron chi connectivity index (χ1n) is 24.7. The minimum atomic E-state index is -1.76. The Morgan fingerprint density at radius 2 is 0.819 bits per heavy atom. The first-order chi connectivity index (χ1) is 33.5. The fourth-order valence-electron chi connectivity index (χ4n) is 7.37. The molecule has 406 valence electrons. The fourth-order valence-corrected chi connectivity index (χ4v) is 7.37. The zero-order valence-corrected chi connectivity index (χ0v) is 43.5. The number of unbranched alkanes of at least 4 members (excludes halogenated alkanes) is 1. The molecule has 23 heteroatoms. The number of nitrogens with two attached hydrogens (primary N) is 2. The molecule has 0 aromatic heterocycles. The highest BCUT2D eigenvalue weighted by Crippen LogP contribution is 2.15. The van der Waals surface area contributed by atoms with Crippen LogP contribution < -0.4 is 54.0 Å². The van der Waals surface area contributed by atoms with Crippen LogP contribution in [0.2, 0.25) is 0 Å². The molecule has 0 unspecified atom stereocenters. The van der Waals surface area contributed by atoms with Crippen LogP contribution in [0.3, 0.4) is 0 Å². The van der Waals surface area contributed by atoms with E-state index >= 15 is 0 Å². The highest BCUT2D eigenvalue weighted by Gasteiger charge is 2.36. The van der Waals surface area contributed by atoms with Gasteiger partial charge in [-0.1, -0.05) is 67.5 Å². The van der Waals surface area contributed by atoms with E-state index in [0.717, 1.165) is 0 Å². The second-order valence-corrected chi connectivity index (χ2v) is 20.1. The third-order valence-electron chi connectivity index (χ3n) is 11.1. The molecule has 1 aromatic carbocycles. The van der Waals surface area contributed by atoms with Gasteiger partial charge in [-0.05, 0) is 107 Å². The molecule has 15 N–H and O–H groups in total. The number of carbonyl (C=O) groups is 10. The van der Waals surface area contributed by atoms with E-state index in [0.29, 0.717) is 12.0 Å². The van der Waals surface area contributed by atoms with Crippen LogP contribution in [-0.2, 0) is 54.4 Å². The number of carboxylic acid groups (broad SMARTS) is 2. The number of aromatic hydroxyl groups is 1. The van der Waals surface area contributed by atoms with Gasteiger partial charge in [-0.2, -0.15) is 0 Å². The second-order valence-electron chi connectivity index (χ2n) is 20.1. The van der Waals surface area contributed by atoms with Gasteiger partial charge in [0.25, 0.3) is 0 Å². The zero-order valence-electron chi connectivity index (χ0n) is 43.5. The van der Waals surface area contributed by atoms with E-state index in [4.69, 9.17) is 11.5 Å². The van der Waals surface area contributed by atoms with E-state index < -0.39 is 120 Å². The standard InChI is InChI=1S/C49H82N10O13/c1-25(2)19-34(54-41(63)29(9)51)45(67)56-36(21-27(5)6)47(69)58-38(24-40(61)62)48(70)53-33(13-11-12-18-50)43(65)55-35(20-26(3)4)46(68)57-37(23-31-14-16-32(60)17-15-31)44(66)52-30(10)42(64)59-39(49(71)72)22-28(7)8/h14-17,25-30,33-39,60H,11-13,18-24,50-51H2,1-10H3,(H,52,66)(H,53,70)(H,54,63)(H,55,65)(H,56,67)(H,57,68)(H,58,69)(H,59,64)(H,61,62)(H,71,72)/t29-,30-,33-,34-,35-,36-,37-,38-,39-/m0/s1. The van der Waals surface area contributed by atoms with Gasteiger partial charge in [0.1, 0.15) is 54.1 Å². The number of carbonyl (C=O) groups excluding carboxylic acids is 8. The second kappa shape index (κ2) is 31.9. The van der Waals surface area contributed by atoms with E-state index in [2.05, 4.69) is 42.5 Å². The van der Waals surface area contributed by atoms with Crippen molar-refractivity contribution in [2.24, 2.45) is 35.1 Å². The number of rotatable bonds is 33. The average molecular weight is 1020 g/mol. The molecular weight excluding hydrogens is 937 g/mol. The molecule has 0 saturated heterocycles. The molecule has 0 spiro atoms. The molecule has 0 radical (unpaired) electrons. The van der Waals surface area contributed by atoms with Crippen molar-refractivity contribution in [2.75, 3.05) is 6.54 Å². The zero-order chi connectivity index (χ0) is 55.0. The fraction of sp³-hybridized carbons (Fsp3) is 0.673. The smallest absolute Gasteiger partial charge is 0.326 e. The number of hydrogen-bond acceptors (Lipinski definition) is 13. The predicted molar refractivity (Wildman–Crippen MR) is 267 cm³/mol. The van der Waals surface area contributed by atoms with Crippen LogP contribution >= 0.6 is 0 Å². The summed E-state index contributed by atoms with van der Waals surface area (Å²) in [5, 5.41) is 49.8. The first kappa shape index (κ1) is 63.7. The van der Waals surface area contributed by atoms with E-state index in [1.165, 1.54) is 38.1 Å². The van der Waals surface area contributed by atoms with Crippen molar-refractivity contribution in [3.63, 3.8) is 0 Å². The van der Waals surface area contributed by atoms with Crippen LogP contribution in [0.1, 0.15) is 126 Å². The lowest BCUT2D eigenvalue weighted by atomic mass is 9.99. The van der Waals surface area contributed by atoms with Gasteiger partial charge in [0.05, 0.1) is 12.5 Å². The van der Waals surface area contributed by atoms with Crippen LogP contribution in [0.25, 0.3) is 0 Å². The van der Waals surface area contributed by atoms with Gasteiger partial charge in [0.2, 0.25) is 47.3 Å². The van der Waals surface area contributed by atoms with Crippen molar-refractivity contribution in [1.29, 1.82) is 0 Å². The number of amides is 8. The van der Waals surface area contributed by atoms with E-state index in [-0.39, 0.29) is 80.9 Å². The number of phenolic OH excluding ortho intramolecular Hbond substituents is 1. The molecule has 0 aliphatic carbocycles. The molecular formula is C49H82N10O13. The molecule has 8 amide bonds. The van der Waals surface area contributed by atoms with Gasteiger partial charge in [-0.3, -0.25) is 43.2 Å². The molecule has 1 rings (SSSR count). The minimum absolute atomic E-state index is 0.0213. The summed E-state index contributed by atoms with van der Waals surface area (Å²) in [6, 6.07) is -5.90. The summed E-state index contributed by atoms with van der Waals surface area (Å²) in [5.41, 5.74) is 11.9. The molecule has 9 atom stereocenters. The maximum atomic E-state index is 14.2. The largest absolute Gasteiger partial charge is 0.508 e. The van der Waals surface area contributed by atoms with Gasteiger partial charge in [0.15, 0.2) is 0 Å². The molecule has 0 fully saturated rings. The van der Waals surface area contributed by atoms with E-state index in [1.807, 2.05) is 13.8 Å². The van der Waals surface area contributed by atoms with Crippen molar-refractivity contribution >= 4 is 59.2 Å². The number of benzene rings is 1. The predicted octanol–water partition coefficient (Wildman–Crippen LogP) is 0.0529. The summed E-state index contributed by atoms with van der Waals surface area (Å²) < 4.78 is 0. The Bertz CT molecular complexity index is 1980. The lowest BCUT2D eigenvalue weighted by molar-refractivity contribution is -0.142. The van der Waals surface area contributed by atoms with Crippen molar-refractivity contribution in [2.45, 2.75) is 181 Å². The molecule has 72 heavy (non-hydrogen) atoms. The lowest BCUT2D eigenvalue weighted by Crippen LogP contribution is -2.60. The monoisotopic (exact) mass is 1020 g/mol. The molecule has 0 aliphatic rings. The van der Waals surface area contributed by atoms with Crippen LogP contribution in [-0.4, -0.2) is 135 Å². The Labute approximate surface area is 422 Å². The van der Waals surface area contributed by atoms with Gasteiger partial charge in [0, 0.05) is 6.42 Å². The van der Waals surface area contributed by atoms with Crippen LogP contribution in [0.5, 0.6) is 5.75 Å². The third kappa shape index (κ3) is 24.7. The van der Waals surface area contributed by atoms with Crippen molar-refractivity contribution in [1.82, 2.24) is 42.5 Å². The topological polar surface area (TPSA) is 380 Å². The average Bonchev–Trinajstić information content (AvgIpc) is 3.26. The Kier molecular flexibility index (Phi) is 28.2. The van der Waals surface area contributed by atoms with Crippen LogP contribution in [0.15, 0.2) is 24.3 Å². The maximum Gasteiger partial charge on any atom is 0.326 e. The number of nitrogens with one attached hydrogen (secondary N) is 8. The van der Waals surface area contributed by atoms with Crippen molar-refractivity contribution in [3.05, 3.63) is 29.8 Å². The lowest BCUT2D eigenvalue weighted by Gasteiger charge is -2.28. The highest BCUT2D eigenvalue weighted by molar-refractivity contribution is 5.98. The Morgan fingerprint density at radius 1 is 0.458 bits per heavy atom. The number of aliphatic carboxylic acids is 2. The van der Waals surface area contributed by atoms with Crippen LogP contribution in [0.4, 0.5) is 0 Å². The van der Waals surface area contributed by atoms with E-state index in [9.17, 15) is 63.3 Å². The molecule has 0 saturated carbocycles. The number of carboxylic acids is 2. The summed E-state index contributed by atoms with van der Waals surface area (Å²) in [7, 11) is 0. The molecule has 0 aliphatic heterocycles. The summed E-state index contributed by atoms with van der Waals surface area (Å²) in [5.74, 6) is -9.96. The summed E-state index contributed by atoms with van der Waals surface area (Å²) in [4.78, 5) is 133. The Hall–Kier alpha value is -6.36. The van der Waals surface area contributed by atoms with Gasteiger partial charge in [-0.15, -0.1) is 0 Å².